The lowest BCUT2D eigenvalue weighted by atomic mass is 10.1. The second-order valence-corrected chi connectivity index (χ2v) is 6.71. The molecule has 0 radical (unpaired) electrons. The zero-order chi connectivity index (χ0) is 20.8. The number of fused-ring (bicyclic) bond motifs is 1. The minimum Gasteiger partial charge on any atom is -0.497 e. The average molecular weight is 393 g/mol. The first-order valence-electron chi connectivity index (χ1n) is 9.88. The van der Waals surface area contributed by atoms with E-state index in [1.165, 1.54) is 0 Å². The lowest BCUT2D eigenvalue weighted by molar-refractivity contribution is 0.0954. The molecule has 0 aliphatic rings. The molecule has 0 unspecified atom stereocenters. The number of hydrogen-bond acceptors (Lipinski definition) is 5. The first kappa shape index (κ1) is 20.6. The van der Waals surface area contributed by atoms with E-state index < -0.39 is 0 Å². The number of benzene rings is 2. The van der Waals surface area contributed by atoms with Gasteiger partial charge in [-0.05, 0) is 49.1 Å². The summed E-state index contributed by atoms with van der Waals surface area (Å²) in [7, 11) is 3.25. The molecule has 3 aromatic rings. The monoisotopic (exact) mass is 393 g/mol. The van der Waals surface area contributed by atoms with Gasteiger partial charge in [-0.25, -0.2) is 9.97 Å². The van der Waals surface area contributed by atoms with Gasteiger partial charge in [-0.1, -0.05) is 19.9 Å². The number of amides is 1. The molecule has 0 saturated carbocycles. The Hall–Kier alpha value is -3.15. The average Bonchev–Trinajstić information content (AvgIpc) is 2.77. The molecule has 0 bridgehead atoms. The zero-order valence-electron chi connectivity index (χ0n) is 17.4. The van der Waals surface area contributed by atoms with Gasteiger partial charge in [0.15, 0.2) is 0 Å². The van der Waals surface area contributed by atoms with Crippen LogP contribution in [0.1, 0.15) is 41.2 Å². The third-order valence-electron chi connectivity index (χ3n) is 4.93. The number of aromatic nitrogens is 2. The molecule has 6 heteroatoms. The van der Waals surface area contributed by atoms with E-state index in [0.29, 0.717) is 18.5 Å². The van der Waals surface area contributed by atoms with Gasteiger partial charge in [-0.2, -0.15) is 0 Å². The first-order chi connectivity index (χ1) is 14.1. The smallest absolute Gasteiger partial charge is 0.251 e. The predicted octanol–water partition coefficient (Wildman–Crippen LogP) is 3.74. The van der Waals surface area contributed by atoms with Crippen molar-refractivity contribution in [3.63, 3.8) is 0 Å². The molecule has 0 aliphatic heterocycles. The molecule has 3 rings (SSSR count). The number of hydrogen-bond donors (Lipinski definition) is 1. The van der Waals surface area contributed by atoms with Gasteiger partial charge in [0.2, 0.25) is 0 Å². The third kappa shape index (κ3) is 4.65. The largest absolute Gasteiger partial charge is 0.497 e. The van der Waals surface area contributed by atoms with Crippen LogP contribution in [0.3, 0.4) is 0 Å². The molecule has 1 heterocycles. The van der Waals surface area contributed by atoms with Crippen LogP contribution < -0.4 is 14.8 Å². The highest BCUT2D eigenvalue weighted by atomic mass is 16.5. The number of carbonyl (C=O) groups is 1. The van der Waals surface area contributed by atoms with Crippen LogP contribution >= 0.6 is 0 Å². The number of nitrogens with zero attached hydrogens (tertiary/aromatic N) is 2. The van der Waals surface area contributed by atoms with Crippen LogP contribution in [-0.2, 0) is 19.3 Å². The Kier molecular flexibility index (Phi) is 6.65. The molecule has 0 atom stereocenters. The van der Waals surface area contributed by atoms with Crippen molar-refractivity contribution in [3.05, 3.63) is 58.9 Å². The maximum absolute atomic E-state index is 12.6. The van der Waals surface area contributed by atoms with Crippen LogP contribution in [-0.4, -0.2) is 36.6 Å². The van der Waals surface area contributed by atoms with Gasteiger partial charge in [-0.15, -0.1) is 0 Å². The lowest BCUT2D eigenvalue weighted by Crippen LogP contribution is -2.25. The molecular formula is C23H27N3O3. The van der Waals surface area contributed by atoms with E-state index in [2.05, 4.69) is 24.1 Å². The normalized spacial score (nSPS) is 10.8. The number of methoxy groups -OCH3 is 2. The highest BCUT2D eigenvalue weighted by Gasteiger charge is 2.11. The van der Waals surface area contributed by atoms with Gasteiger partial charge in [0.25, 0.3) is 5.91 Å². The van der Waals surface area contributed by atoms with Gasteiger partial charge in [0.05, 0.1) is 36.6 Å². The molecule has 1 amide bonds. The van der Waals surface area contributed by atoms with Crippen LogP contribution in [0.25, 0.3) is 11.0 Å². The molecule has 0 aliphatic carbocycles. The van der Waals surface area contributed by atoms with Gasteiger partial charge in [0.1, 0.15) is 11.5 Å². The maximum Gasteiger partial charge on any atom is 0.251 e. The van der Waals surface area contributed by atoms with Crippen LogP contribution in [0.2, 0.25) is 0 Å². The second kappa shape index (κ2) is 9.37. The van der Waals surface area contributed by atoms with Crippen molar-refractivity contribution in [2.75, 3.05) is 20.8 Å². The third-order valence-corrected chi connectivity index (χ3v) is 4.93. The summed E-state index contributed by atoms with van der Waals surface area (Å²) in [6, 6.07) is 11.2. The van der Waals surface area contributed by atoms with Crippen LogP contribution in [0.15, 0.2) is 36.4 Å². The topological polar surface area (TPSA) is 73.3 Å². The van der Waals surface area contributed by atoms with Crippen LogP contribution in [0, 0.1) is 0 Å². The molecule has 29 heavy (non-hydrogen) atoms. The zero-order valence-corrected chi connectivity index (χ0v) is 17.4. The fourth-order valence-corrected chi connectivity index (χ4v) is 3.31. The number of carbonyl (C=O) groups excluding carboxylic acids is 1. The van der Waals surface area contributed by atoms with E-state index in [1.807, 2.05) is 30.3 Å². The summed E-state index contributed by atoms with van der Waals surface area (Å²) < 4.78 is 10.6. The highest BCUT2D eigenvalue weighted by molar-refractivity contribution is 5.97. The molecule has 2 aromatic carbocycles. The summed E-state index contributed by atoms with van der Waals surface area (Å²) in [5.74, 6) is 1.36. The predicted molar refractivity (Wildman–Crippen MR) is 114 cm³/mol. The van der Waals surface area contributed by atoms with Gasteiger partial charge in [-0.3, -0.25) is 4.79 Å². The number of rotatable bonds is 8. The summed E-state index contributed by atoms with van der Waals surface area (Å²) in [6.45, 7) is 4.65. The van der Waals surface area contributed by atoms with Crippen LogP contribution in [0.4, 0.5) is 0 Å². The van der Waals surface area contributed by atoms with E-state index >= 15 is 0 Å². The van der Waals surface area contributed by atoms with Crippen molar-refractivity contribution < 1.29 is 14.3 Å². The summed E-state index contributed by atoms with van der Waals surface area (Å²) in [6.07, 6.45) is 2.33. The lowest BCUT2D eigenvalue weighted by Gasteiger charge is -2.11. The molecular weight excluding hydrogens is 366 g/mol. The van der Waals surface area contributed by atoms with Crippen molar-refractivity contribution in [3.8, 4) is 11.5 Å². The Morgan fingerprint density at radius 2 is 1.66 bits per heavy atom. The van der Waals surface area contributed by atoms with Gasteiger partial charge >= 0.3 is 0 Å². The Morgan fingerprint density at radius 1 is 0.931 bits per heavy atom. The summed E-state index contributed by atoms with van der Waals surface area (Å²) in [4.78, 5) is 22.0. The molecule has 6 nitrogen and oxygen atoms in total. The maximum atomic E-state index is 12.6. The minimum absolute atomic E-state index is 0.126. The molecule has 152 valence electrons. The fourth-order valence-electron chi connectivity index (χ4n) is 3.31. The first-order valence-corrected chi connectivity index (χ1v) is 9.88. The number of ether oxygens (including phenoxy) is 2. The SMILES string of the molecule is CCc1nc2ccc(C(=O)NCCc3ccc(OC)cc3OC)cc2nc1CC. The Labute approximate surface area is 171 Å². The number of nitrogens with one attached hydrogen (secondary N) is 1. The molecule has 0 spiro atoms. The quantitative estimate of drug-likeness (QED) is 0.631. The molecule has 1 aromatic heterocycles. The van der Waals surface area contributed by atoms with E-state index in [1.54, 1.807) is 20.3 Å². The minimum atomic E-state index is -0.126. The van der Waals surface area contributed by atoms with Crippen molar-refractivity contribution >= 4 is 16.9 Å². The van der Waals surface area contributed by atoms with Crippen LogP contribution in [0.5, 0.6) is 11.5 Å². The summed E-state index contributed by atoms with van der Waals surface area (Å²) in [5, 5.41) is 2.97. The number of aryl methyl sites for hydroxylation is 2. The highest BCUT2D eigenvalue weighted by Crippen LogP contribution is 2.24. The van der Waals surface area contributed by atoms with Gasteiger partial charge < -0.3 is 14.8 Å². The van der Waals surface area contributed by atoms with Crippen molar-refractivity contribution in [1.29, 1.82) is 0 Å². The van der Waals surface area contributed by atoms with E-state index in [4.69, 9.17) is 14.5 Å². The molecule has 0 saturated heterocycles. The van der Waals surface area contributed by atoms with Crippen molar-refractivity contribution in [1.82, 2.24) is 15.3 Å². The Bertz CT molecular complexity index is 1020. The second-order valence-electron chi connectivity index (χ2n) is 6.71. The van der Waals surface area contributed by atoms with E-state index in [-0.39, 0.29) is 5.91 Å². The van der Waals surface area contributed by atoms with E-state index in [0.717, 1.165) is 52.3 Å². The summed E-state index contributed by atoms with van der Waals surface area (Å²) >= 11 is 0. The van der Waals surface area contributed by atoms with Gasteiger partial charge in [0, 0.05) is 18.2 Å². The molecule has 0 fully saturated rings. The molecule has 1 N–H and O–H groups in total. The fraction of sp³-hybridized carbons (Fsp3) is 0.348. The van der Waals surface area contributed by atoms with E-state index in [9.17, 15) is 4.79 Å². The Balaban J connectivity index is 1.70. The summed E-state index contributed by atoms with van der Waals surface area (Å²) in [5.41, 5.74) is 5.18. The standard InChI is InChI=1S/C23H27N3O3/c1-5-18-19(6-2)26-21-13-16(8-10-20(21)25-18)23(27)24-12-11-15-7-9-17(28-3)14-22(15)29-4/h7-10,13-14H,5-6,11-12H2,1-4H3,(H,24,27). The Morgan fingerprint density at radius 3 is 2.31 bits per heavy atom. The van der Waals surface area contributed by atoms with Crippen molar-refractivity contribution in [2.24, 2.45) is 0 Å². The van der Waals surface area contributed by atoms with Crippen molar-refractivity contribution in [2.45, 2.75) is 33.1 Å².